The van der Waals surface area contributed by atoms with E-state index >= 15 is 0 Å². The molecule has 0 spiro atoms. The Labute approximate surface area is 222 Å². The topological polar surface area (TPSA) is 93.2 Å². The molecule has 39 heavy (non-hydrogen) atoms. The normalized spacial score (nSPS) is 16.0. The monoisotopic (exact) mass is 537 g/mol. The lowest BCUT2D eigenvalue weighted by atomic mass is 9.98. The first-order valence-corrected chi connectivity index (χ1v) is 12.5. The molecule has 8 nitrogen and oxygen atoms in total. The fourth-order valence-electron chi connectivity index (χ4n) is 5.16. The molecule has 11 heteroatoms. The SMILES string of the molecule is CCC(c1cc(F)cc(F)c1)n1c(-c2ccn(C)n2)nc(O)c(C(=O)N2CCC(c3ccc(F)cc3)C2)c1=O. The zero-order valence-electron chi connectivity index (χ0n) is 21.3. The highest BCUT2D eigenvalue weighted by Gasteiger charge is 2.34. The van der Waals surface area contributed by atoms with Crippen LogP contribution in [0.5, 0.6) is 5.88 Å². The van der Waals surface area contributed by atoms with Gasteiger partial charge in [0.05, 0.1) is 6.04 Å². The van der Waals surface area contributed by atoms with Crippen LogP contribution in [0.1, 0.15) is 53.2 Å². The van der Waals surface area contributed by atoms with Gasteiger partial charge in [-0.3, -0.25) is 18.8 Å². The quantitative estimate of drug-likeness (QED) is 0.394. The highest BCUT2D eigenvalue weighted by Crippen LogP contribution is 2.31. The number of carbonyl (C=O) groups is 1. The number of amides is 1. The number of hydrogen-bond donors (Lipinski definition) is 1. The second-order valence-corrected chi connectivity index (χ2v) is 9.60. The Morgan fingerprint density at radius 2 is 1.77 bits per heavy atom. The molecule has 0 bridgehead atoms. The number of aromatic nitrogens is 4. The summed E-state index contributed by atoms with van der Waals surface area (Å²) in [6.45, 7) is 2.30. The zero-order valence-corrected chi connectivity index (χ0v) is 21.3. The second kappa shape index (κ2) is 10.4. The van der Waals surface area contributed by atoms with Crippen molar-refractivity contribution in [2.45, 2.75) is 31.7 Å². The molecule has 1 aliphatic heterocycles. The lowest BCUT2D eigenvalue weighted by molar-refractivity contribution is 0.0784. The van der Waals surface area contributed by atoms with E-state index in [1.165, 1.54) is 21.7 Å². The molecule has 2 atom stereocenters. The van der Waals surface area contributed by atoms with Crippen LogP contribution in [-0.4, -0.2) is 48.3 Å². The van der Waals surface area contributed by atoms with Crippen LogP contribution in [0.15, 0.2) is 59.5 Å². The highest BCUT2D eigenvalue weighted by molar-refractivity contribution is 5.96. The van der Waals surface area contributed by atoms with E-state index in [0.717, 1.165) is 28.3 Å². The number of aromatic hydroxyl groups is 1. The van der Waals surface area contributed by atoms with Crippen molar-refractivity contribution in [2.75, 3.05) is 13.1 Å². The minimum Gasteiger partial charge on any atom is -0.493 e. The Morgan fingerprint density at radius 3 is 2.38 bits per heavy atom. The summed E-state index contributed by atoms with van der Waals surface area (Å²) in [6.07, 6.45) is 2.43. The Bertz CT molecular complexity index is 1580. The van der Waals surface area contributed by atoms with Crippen molar-refractivity contribution in [2.24, 2.45) is 7.05 Å². The molecule has 0 saturated carbocycles. The van der Waals surface area contributed by atoms with Crippen molar-refractivity contribution in [1.82, 2.24) is 24.2 Å². The van der Waals surface area contributed by atoms with Gasteiger partial charge in [-0.2, -0.15) is 10.1 Å². The number of likely N-dealkylation sites (tertiary alicyclic amines) is 1. The van der Waals surface area contributed by atoms with Crippen LogP contribution in [0.2, 0.25) is 0 Å². The summed E-state index contributed by atoms with van der Waals surface area (Å²) in [5.74, 6) is -3.58. The van der Waals surface area contributed by atoms with Gasteiger partial charge < -0.3 is 10.0 Å². The van der Waals surface area contributed by atoms with Crippen LogP contribution < -0.4 is 5.56 Å². The number of halogens is 3. The Morgan fingerprint density at radius 1 is 1.08 bits per heavy atom. The van der Waals surface area contributed by atoms with Crippen molar-refractivity contribution in [1.29, 1.82) is 0 Å². The van der Waals surface area contributed by atoms with E-state index in [2.05, 4.69) is 10.1 Å². The number of rotatable bonds is 6. The molecule has 2 aromatic heterocycles. The minimum atomic E-state index is -0.912. The standard InChI is InChI=1S/C28H26F3N5O3/c1-3-23(18-12-20(30)14-21(31)13-18)36-25(22-9-10-34(2)33-22)32-26(37)24(28(36)39)27(38)35-11-8-17(15-35)16-4-6-19(29)7-5-16/h4-7,9-10,12-14,17,23,37H,3,8,11,15H2,1-2H3. The van der Waals surface area contributed by atoms with E-state index in [4.69, 9.17) is 0 Å². The summed E-state index contributed by atoms with van der Waals surface area (Å²) in [4.78, 5) is 33.2. The fraction of sp³-hybridized carbons (Fsp3) is 0.286. The molecule has 5 rings (SSSR count). The van der Waals surface area contributed by atoms with E-state index in [1.54, 1.807) is 38.4 Å². The lowest BCUT2D eigenvalue weighted by Gasteiger charge is -2.24. The van der Waals surface area contributed by atoms with Crippen molar-refractivity contribution in [3.8, 4) is 17.4 Å². The van der Waals surface area contributed by atoms with Gasteiger partial charge in [0.2, 0.25) is 5.88 Å². The van der Waals surface area contributed by atoms with Gasteiger partial charge in [-0.15, -0.1) is 0 Å². The molecule has 0 aliphatic carbocycles. The van der Waals surface area contributed by atoms with E-state index in [1.807, 2.05) is 0 Å². The number of nitrogens with zero attached hydrogens (tertiary/aromatic N) is 5. The van der Waals surface area contributed by atoms with Gasteiger partial charge >= 0.3 is 0 Å². The molecule has 1 fully saturated rings. The van der Waals surface area contributed by atoms with Gasteiger partial charge in [-0.05, 0) is 54.3 Å². The molecule has 1 aliphatic rings. The van der Waals surface area contributed by atoms with Crippen LogP contribution in [-0.2, 0) is 7.05 Å². The van der Waals surface area contributed by atoms with Gasteiger partial charge in [0.25, 0.3) is 11.5 Å². The molecule has 2 aromatic carbocycles. The molecule has 0 radical (unpaired) electrons. The van der Waals surface area contributed by atoms with Crippen molar-refractivity contribution >= 4 is 5.91 Å². The van der Waals surface area contributed by atoms with E-state index in [9.17, 15) is 27.9 Å². The Balaban J connectivity index is 1.60. The molecule has 1 saturated heterocycles. The van der Waals surface area contributed by atoms with E-state index in [-0.39, 0.29) is 41.8 Å². The summed E-state index contributed by atoms with van der Waals surface area (Å²) in [7, 11) is 1.66. The summed E-state index contributed by atoms with van der Waals surface area (Å²) in [5, 5.41) is 15.1. The lowest BCUT2D eigenvalue weighted by Crippen LogP contribution is -2.38. The third-order valence-corrected chi connectivity index (χ3v) is 7.04. The van der Waals surface area contributed by atoms with Crippen LogP contribution in [0.3, 0.4) is 0 Å². The molecular formula is C28H26F3N5O3. The highest BCUT2D eigenvalue weighted by atomic mass is 19.1. The third kappa shape index (κ3) is 5.04. The predicted molar refractivity (Wildman–Crippen MR) is 137 cm³/mol. The molecule has 2 unspecified atom stereocenters. The summed E-state index contributed by atoms with van der Waals surface area (Å²) in [6, 6.07) is 9.65. The fourth-order valence-corrected chi connectivity index (χ4v) is 5.16. The van der Waals surface area contributed by atoms with Crippen LogP contribution in [0.25, 0.3) is 11.5 Å². The number of benzene rings is 2. The van der Waals surface area contributed by atoms with Gasteiger partial charge in [-0.1, -0.05) is 19.1 Å². The van der Waals surface area contributed by atoms with Crippen LogP contribution >= 0.6 is 0 Å². The zero-order chi connectivity index (χ0) is 27.8. The maximum Gasteiger partial charge on any atom is 0.271 e. The van der Waals surface area contributed by atoms with Gasteiger partial charge in [-0.25, -0.2) is 13.2 Å². The van der Waals surface area contributed by atoms with E-state index in [0.29, 0.717) is 13.0 Å². The number of carbonyl (C=O) groups excluding carboxylic acids is 1. The molecule has 4 aromatic rings. The average molecular weight is 538 g/mol. The largest absolute Gasteiger partial charge is 0.493 e. The predicted octanol–water partition coefficient (Wildman–Crippen LogP) is 4.40. The molecular weight excluding hydrogens is 511 g/mol. The van der Waals surface area contributed by atoms with Gasteiger partial charge in [0.1, 0.15) is 23.1 Å². The van der Waals surface area contributed by atoms with Crippen molar-refractivity contribution in [3.63, 3.8) is 0 Å². The molecule has 1 N–H and O–H groups in total. The first-order valence-electron chi connectivity index (χ1n) is 12.5. The second-order valence-electron chi connectivity index (χ2n) is 9.60. The van der Waals surface area contributed by atoms with Crippen molar-refractivity contribution < 1.29 is 23.1 Å². The Kier molecular flexibility index (Phi) is 6.98. The number of hydrogen-bond acceptors (Lipinski definition) is 5. The average Bonchev–Trinajstić information content (AvgIpc) is 3.55. The van der Waals surface area contributed by atoms with Gasteiger partial charge in [0.15, 0.2) is 11.4 Å². The maximum absolute atomic E-state index is 14.2. The third-order valence-electron chi connectivity index (χ3n) is 7.04. The number of aryl methyl sites for hydroxylation is 1. The van der Waals surface area contributed by atoms with Gasteiger partial charge in [0, 0.05) is 38.3 Å². The van der Waals surface area contributed by atoms with Crippen LogP contribution in [0, 0.1) is 17.5 Å². The first kappa shape index (κ1) is 26.2. The first-order chi connectivity index (χ1) is 18.7. The summed E-state index contributed by atoms with van der Waals surface area (Å²) < 4.78 is 44.3. The maximum atomic E-state index is 14.2. The summed E-state index contributed by atoms with van der Waals surface area (Å²) >= 11 is 0. The van der Waals surface area contributed by atoms with Crippen molar-refractivity contribution in [3.05, 3.63) is 99.2 Å². The summed E-state index contributed by atoms with van der Waals surface area (Å²) in [5.41, 5.74) is -0.134. The van der Waals surface area contributed by atoms with Crippen LogP contribution in [0.4, 0.5) is 13.2 Å². The minimum absolute atomic E-state index is 0.0446. The molecule has 3 heterocycles. The molecule has 202 valence electrons. The molecule has 1 amide bonds. The smallest absolute Gasteiger partial charge is 0.271 e. The Hall–Kier alpha value is -4.41. The van der Waals surface area contributed by atoms with E-state index < -0.39 is 40.6 Å².